The van der Waals surface area contributed by atoms with Crippen LogP contribution in [-0.2, 0) is 30.4 Å². The van der Waals surface area contributed by atoms with Crippen molar-refractivity contribution < 1.29 is 49.5 Å². The van der Waals surface area contributed by atoms with E-state index in [1.807, 2.05) is 0 Å². The molecule has 272 valence electrons. The highest BCUT2D eigenvalue weighted by Crippen LogP contribution is 2.21. The Morgan fingerprint density at radius 2 is 1.40 bits per heavy atom. The van der Waals surface area contributed by atoms with Crippen LogP contribution >= 0.6 is 0 Å². The number of hydrogen-bond acceptors (Lipinski definition) is 6. The van der Waals surface area contributed by atoms with Crippen LogP contribution in [0.3, 0.4) is 0 Å². The van der Waals surface area contributed by atoms with Gasteiger partial charge in [0.05, 0.1) is 24.9 Å². The molecule has 1 aromatic carbocycles. The van der Waals surface area contributed by atoms with Crippen LogP contribution in [0.5, 0.6) is 5.75 Å². The number of carboxylic acids is 3. The maximum absolute atomic E-state index is 13.3. The summed E-state index contributed by atoms with van der Waals surface area (Å²) in [5, 5.41) is 31.3. The predicted molar refractivity (Wildman–Crippen MR) is 185 cm³/mol. The number of aliphatic carboxylic acids is 3. The summed E-state index contributed by atoms with van der Waals surface area (Å²) in [6.45, 7) is 6.93. The van der Waals surface area contributed by atoms with Crippen LogP contribution in [0.1, 0.15) is 123 Å². The number of unbranched alkanes of at least 4 members (excludes halogenated alkanes) is 9. The van der Waals surface area contributed by atoms with Crippen LogP contribution in [-0.4, -0.2) is 63.0 Å². The topological polar surface area (TPSA) is 199 Å². The molecule has 3 atom stereocenters. The minimum absolute atomic E-state index is 0. The summed E-state index contributed by atoms with van der Waals surface area (Å²) in [4.78, 5) is 60.9. The molecule has 0 aliphatic heterocycles. The smallest absolute Gasteiger partial charge is 0.326 e. The SMILES string of the molecule is CCCCCCCCC(=O)CCCCCC/C=C/[C@H](C(=O)N[C@@H](Cc1ccc(OCCC(C)C)cc1)C(=O)O)[C@@H](CC(=O)O)C(=O)O.O. The molecule has 0 bridgehead atoms. The van der Waals surface area contributed by atoms with Crippen molar-refractivity contribution in [2.24, 2.45) is 17.8 Å². The molecule has 11 heteroatoms. The number of ether oxygens (including phenoxy) is 1. The largest absolute Gasteiger partial charge is 0.494 e. The molecule has 0 unspecified atom stereocenters. The van der Waals surface area contributed by atoms with Crippen LogP contribution in [0, 0.1) is 17.8 Å². The van der Waals surface area contributed by atoms with Gasteiger partial charge in [0.15, 0.2) is 0 Å². The van der Waals surface area contributed by atoms with Crippen LogP contribution in [0.15, 0.2) is 36.4 Å². The highest BCUT2D eigenvalue weighted by Gasteiger charge is 2.35. The lowest BCUT2D eigenvalue weighted by molar-refractivity contribution is -0.152. The number of benzene rings is 1. The summed E-state index contributed by atoms with van der Waals surface area (Å²) < 4.78 is 5.70. The Bertz CT molecular complexity index is 1120. The van der Waals surface area contributed by atoms with Crippen LogP contribution < -0.4 is 10.1 Å². The van der Waals surface area contributed by atoms with Crippen LogP contribution in [0.25, 0.3) is 0 Å². The van der Waals surface area contributed by atoms with Crippen molar-refractivity contribution in [3.63, 3.8) is 0 Å². The third kappa shape index (κ3) is 20.5. The number of hydrogen-bond donors (Lipinski definition) is 4. The molecule has 0 heterocycles. The summed E-state index contributed by atoms with van der Waals surface area (Å²) in [6, 6.07) is 5.52. The van der Waals surface area contributed by atoms with Gasteiger partial charge in [0, 0.05) is 19.3 Å². The highest BCUT2D eigenvalue weighted by atomic mass is 16.5. The minimum atomic E-state index is -1.57. The Hall–Kier alpha value is -3.73. The number of carboxylic acid groups (broad SMARTS) is 3. The molecular formula is C37H59NO10. The first kappa shape index (κ1) is 44.3. The Morgan fingerprint density at radius 3 is 1.94 bits per heavy atom. The zero-order chi connectivity index (χ0) is 35.0. The van der Waals surface area contributed by atoms with E-state index < -0.39 is 48.1 Å². The first-order valence-electron chi connectivity index (χ1n) is 17.3. The maximum atomic E-state index is 13.3. The minimum Gasteiger partial charge on any atom is -0.494 e. The Balaban J connectivity index is 0.0000221. The molecule has 0 spiro atoms. The van der Waals surface area contributed by atoms with Gasteiger partial charge in [0.1, 0.15) is 17.6 Å². The average molecular weight is 678 g/mol. The summed E-state index contributed by atoms with van der Waals surface area (Å²) in [6.07, 6.45) is 15.0. The zero-order valence-electron chi connectivity index (χ0n) is 29.1. The third-order valence-electron chi connectivity index (χ3n) is 8.12. The molecule has 0 radical (unpaired) electrons. The zero-order valence-corrected chi connectivity index (χ0v) is 29.1. The monoisotopic (exact) mass is 677 g/mol. The van der Waals surface area contributed by atoms with Crippen molar-refractivity contribution in [1.82, 2.24) is 5.32 Å². The van der Waals surface area contributed by atoms with E-state index in [-0.39, 0.29) is 11.9 Å². The Morgan fingerprint density at radius 1 is 0.812 bits per heavy atom. The second-order valence-corrected chi connectivity index (χ2v) is 12.8. The van der Waals surface area contributed by atoms with Gasteiger partial charge >= 0.3 is 17.9 Å². The second-order valence-electron chi connectivity index (χ2n) is 12.8. The molecule has 6 N–H and O–H groups in total. The normalized spacial score (nSPS) is 13.0. The van der Waals surface area contributed by atoms with Crippen molar-refractivity contribution in [3.05, 3.63) is 42.0 Å². The van der Waals surface area contributed by atoms with Crippen molar-refractivity contribution >= 4 is 29.6 Å². The predicted octanol–water partition coefficient (Wildman–Crippen LogP) is 6.41. The standard InChI is InChI=1S/C37H57NO9.H2O/c1-4-5-6-7-10-13-16-29(39)17-14-11-8-9-12-15-18-31(32(36(43)44)26-34(40)41)35(42)38-33(37(45)46)25-28-19-21-30(22-20-28)47-24-23-27(2)3;/h15,18-22,27,31-33H,4-14,16-17,23-26H2,1-3H3,(H,38,42)(H,40,41)(H,43,44)(H,45,46);1H2/b18-15+;/t31-,32+,33-;/m0./s1. The fraction of sp³-hybridized carbons (Fsp3) is 0.649. The molecule has 0 fully saturated rings. The molecule has 1 amide bonds. The van der Waals surface area contributed by atoms with Gasteiger partial charge in [-0.15, -0.1) is 0 Å². The number of carbonyl (C=O) groups excluding carboxylic acids is 2. The fourth-order valence-corrected chi connectivity index (χ4v) is 5.21. The molecule has 0 saturated carbocycles. The number of nitrogens with one attached hydrogen (secondary N) is 1. The third-order valence-corrected chi connectivity index (χ3v) is 8.12. The Kier molecular flexibility index (Phi) is 24.2. The first-order chi connectivity index (χ1) is 22.4. The van der Waals surface area contributed by atoms with Gasteiger partial charge in [-0.05, 0) is 55.7 Å². The van der Waals surface area contributed by atoms with Gasteiger partial charge < -0.3 is 30.8 Å². The molecule has 0 aliphatic rings. The molecule has 0 aromatic heterocycles. The van der Waals surface area contributed by atoms with Crippen LogP contribution in [0.2, 0.25) is 0 Å². The lowest BCUT2D eigenvalue weighted by Gasteiger charge is -2.22. The van der Waals surface area contributed by atoms with Gasteiger partial charge in [0.2, 0.25) is 5.91 Å². The number of Topliss-reactive ketones (excluding diaryl/α,β-unsaturated/α-hetero) is 1. The van der Waals surface area contributed by atoms with Crippen molar-refractivity contribution in [2.75, 3.05) is 6.61 Å². The number of amides is 1. The number of allylic oxidation sites excluding steroid dienone is 1. The van der Waals surface area contributed by atoms with E-state index in [1.54, 1.807) is 30.3 Å². The summed E-state index contributed by atoms with van der Waals surface area (Å²) >= 11 is 0. The Labute approximate surface area is 285 Å². The molecular weight excluding hydrogens is 618 g/mol. The average Bonchev–Trinajstić information content (AvgIpc) is 3.01. The van der Waals surface area contributed by atoms with Crippen molar-refractivity contribution in [2.45, 2.75) is 130 Å². The summed E-state index contributed by atoms with van der Waals surface area (Å²) in [7, 11) is 0. The van der Waals surface area contributed by atoms with E-state index in [0.717, 1.165) is 44.9 Å². The molecule has 0 aliphatic carbocycles. The number of ketones is 1. The molecule has 0 saturated heterocycles. The van der Waals surface area contributed by atoms with E-state index in [2.05, 4.69) is 26.1 Å². The molecule has 11 nitrogen and oxygen atoms in total. The first-order valence-corrected chi connectivity index (χ1v) is 17.3. The lowest BCUT2D eigenvalue weighted by atomic mass is 9.87. The lowest BCUT2D eigenvalue weighted by Crippen LogP contribution is -2.47. The van der Waals surface area contributed by atoms with Gasteiger partial charge in [-0.2, -0.15) is 0 Å². The van der Waals surface area contributed by atoms with Gasteiger partial charge in [-0.3, -0.25) is 19.2 Å². The highest BCUT2D eigenvalue weighted by molar-refractivity contribution is 5.91. The van der Waals surface area contributed by atoms with Crippen molar-refractivity contribution in [1.29, 1.82) is 0 Å². The van der Waals surface area contributed by atoms with E-state index in [9.17, 15) is 39.3 Å². The molecule has 1 rings (SSSR count). The van der Waals surface area contributed by atoms with Gasteiger partial charge in [-0.25, -0.2) is 4.79 Å². The number of rotatable bonds is 28. The quantitative estimate of drug-likeness (QED) is 0.0572. The van der Waals surface area contributed by atoms with E-state index in [0.29, 0.717) is 48.9 Å². The maximum Gasteiger partial charge on any atom is 0.326 e. The summed E-state index contributed by atoms with van der Waals surface area (Å²) in [5.74, 6) is -6.49. The van der Waals surface area contributed by atoms with E-state index in [4.69, 9.17) is 4.74 Å². The van der Waals surface area contributed by atoms with Crippen molar-refractivity contribution in [3.8, 4) is 5.75 Å². The summed E-state index contributed by atoms with van der Waals surface area (Å²) in [5.41, 5.74) is 0.630. The van der Waals surface area contributed by atoms with Crippen LogP contribution in [0.4, 0.5) is 0 Å². The fourth-order valence-electron chi connectivity index (χ4n) is 5.21. The molecule has 1 aromatic rings. The second kappa shape index (κ2) is 26.3. The van der Waals surface area contributed by atoms with Gasteiger partial charge in [-0.1, -0.05) is 90.0 Å². The van der Waals surface area contributed by atoms with Gasteiger partial charge in [0.25, 0.3) is 0 Å². The van der Waals surface area contributed by atoms with E-state index in [1.165, 1.54) is 31.8 Å². The molecule has 48 heavy (non-hydrogen) atoms. The van der Waals surface area contributed by atoms with E-state index >= 15 is 0 Å². The number of carbonyl (C=O) groups is 5.